The lowest BCUT2D eigenvalue weighted by Gasteiger charge is -2.08. The Balaban J connectivity index is 1.70. The molecule has 3 nitrogen and oxygen atoms in total. The molecule has 0 saturated heterocycles. The lowest BCUT2D eigenvalue weighted by molar-refractivity contribution is 0.174. The van der Waals surface area contributed by atoms with Gasteiger partial charge in [0.1, 0.15) is 0 Å². The Labute approximate surface area is 89.2 Å². The van der Waals surface area contributed by atoms with Gasteiger partial charge >= 0.3 is 0 Å². The number of aryl methyl sites for hydroxylation is 1. The van der Waals surface area contributed by atoms with E-state index < -0.39 is 0 Å². The van der Waals surface area contributed by atoms with E-state index in [1.807, 2.05) is 6.07 Å². The maximum absolute atomic E-state index is 6.05. The molecule has 0 bridgehead atoms. The summed E-state index contributed by atoms with van der Waals surface area (Å²) < 4.78 is 10.6. The maximum atomic E-state index is 6.05. The van der Waals surface area contributed by atoms with Crippen LogP contribution >= 0.6 is 0 Å². The first-order valence-electron chi connectivity index (χ1n) is 5.43. The van der Waals surface area contributed by atoms with E-state index in [0.717, 1.165) is 24.3 Å². The highest BCUT2D eigenvalue weighted by atomic mass is 16.7. The summed E-state index contributed by atoms with van der Waals surface area (Å²) in [6.45, 7) is 0.347. The number of fused-ring (bicyclic) bond motifs is 1. The number of nitrogens with two attached hydrogens (primary N) is 1. The van der Waals surface area contributed by atoms with Gasteiger partial charge in [-0.3, -0.25) is 0 Å². The average Bonchev–Trinajstić information content (AvgIpc) is 2.80. The van der Waals surface area contributed by atoms with Gasteiger partial charge in [-0.25, -0.2) is 0 Å². The second-order valence-electron chi connectivity index (χ2n) is 4.55. The monoisotopic (exact) mass is 205 g/mol. The second-order valence-corrected chi connectivity index (χ2v) is 4.55. The van der Waals surface area contributed by atoms with E-state index in [9.17, 15) is 0 Å². The van der Waals surface area contributed by atoms with E-state index in [-0.39, 0.29) is 5.54 Å². The molecule has 1 aromatic rings. The first-order valence-corrected chi connectivity index (χ1v) is 5.43. The molecule has 3 rings (SSSR count). The van der Waals surface area contributed by atoms with Crippen LogP contribution in [0.15, 0.2) is 18.2 Å². The lowest BCUT2D eigenvalue weighted by atomic mass is 10.0. The average molecular weight is 205 g/mol. The van der Waals surface area contributed by atoms with Crippen LogP contribution in [0.1, 0.15) is 24.8 Å². The van der Waals surface area contributed by atoms with Crippen molar-refractivity contribution in [3.05, 3.63) is 23.8 Å². The molecule has 1 aliphatic heterocycles. The number of benzene rings is 1. The quantitative estimate of drug-likeness (QED) is 0.818. The van der Waals surface area contributed by atoms with Crippen molar-refractivity contribution in [3.8, 4) is 11.5 Å². The van der Waals surface area contributed by atoms with Crippen molar-refractivity contribution in [2.24, 2.45) is 5.73 Å². The molecule has 3 heteroatoms. The summed E-state index contributed by atoms with van der Waals surface area (Å²) >= 11 is 0. The van der Waals surface area contributed by atoms with E-state index in [0.29, 0.717) is 6.79 Å². The molecule has 1 fully saturated rings. The van der Waals surface area contributed by atoms with E-state index in [1.165, 1.54) is 18.4 Å². The topological polar surface area (TPSA) is 44.5 Å². The first kappa shape index (κ1) is 9.04. The van der Waals surface area contributed by atoms with Gasteiger partial charge in [-0.2, -0.15) is 0 Å². The minimum atomic E-state index is 0.135. The largest absolute Gasteiger partial charge is 0.454 e. The van der Waals surface area contributed by atoms with Crippen molar-refractivity contribution in [1.82, 2.24) is 0 Å². The van der Waals surface area contributed by atoms with Gasteiger partial charge in [0.25, 0.3) is 0 Å². The molecule has 1 heterocycles. The Kier molecular flexibility index (Phi) is 1.89. The minimum absolute atomic E-state index is 0.135. The molecule has 0 unspecified atom stereocenters. The van der Waals surface area contributed by atoms with Crippen LogP contribution in [-0.4, -0.2) is 12.3 Å². The molecule has 2 aliphatic rings. The van der Waals surface area contributed by atoms with Crippen LogP contribution in [0, 0.1) is 0 Å². The number of hydrogen-bond acceptors (Lipinski definition) is 3. The molecule has 0 aromatic heterocycles. The molecular formula is C12H15NO2. The third-order valence-corrected chi connectivity index (χ3v) is 3.24. The molecule has 1 saturated carbocycles. The van der Waals surface area contributed by atoms with Gasteiger partial charge in [-0.15, -0.1) is 0 Å². The summed E-state index contributed by atoms with van der Waals surface area (Å²) in [5, 5.41) is 0. The number of ether oxygens (including phenoxy) is 2. The van der Waals surface area contributed by atoms with Crippen LogP contribution in [0.2, 0.25) is 0 Å². The Bertz CT molecular complexity index is 385. The standard InChI is InChI=1S/C12H15NO2/c13-12(5-6-12)4-3-9-1-2-10-11(7-9)15-8-14-10/h1-2,7H,3-6,8,13H2. The molecular weight excluding hydrogens is 190 g/mol. The molecule has 15 heavy (non-hydrogen) atoms. The lowest BCUT2D eigenvalue weighted by Crippen LogP contribution is -2.22. The third kappa shape index (κ3) is 1.79. The summed E-state index contributed by atoms with van der Waals surface area (Å²) in [6, 6.07) is 6.14. The van der Waals surface area contributed by atoms with Gasteiger partial charge in [-0.05, 0) is 43.4 Å². The predicted octanol–water partition coefficient (Wildman–Crippen LogP) is 1.84. The summed E-state index contributed by atoms with van der Waals surface area (Å²) in [7, 11) is 0. The molecule has 0 amide bonds. The fourth-order valence-electron chi connectivity index (χ4n) is 1.90. The zero-order valence-electron chi connectivity index (χ0n) is 8.66. The number of rotatable bonds is 3. The molecule has 1 aromatic carbocycles. The van der Waals surface area contributed by atoms with Gasteiger partial charge in [0, 0.05) is 5.54 Å². The van der Waals surface area contributed by atoms with Crippen LogP contribution < -0.4 is 15.2 Å². The zero-order valence-corrected chi connectivity index (χ0v) is 8.66. The van der Waals surface area contributed by atoms with E-state index in [2.05, 4.69) is 12.1 Å². The smallest absolute Gasteiger partial charge is 0.231 e. The Morgan fingerprint density at radius 2 is 2.00 bits per heavy atom. The van der Waals surface area contributed by atoms with Crippen LogP contribution in [0.3, 0.4) is 0 Å². The van der Waals surface area contributed by atoms with Crippen molar-refractivity contribution in [3.63, 3.8) is 0 Å². The van der Waals surface area contributed by atoms with E-state index in [1.54, 1.807) is 0 Å². The number of hydrogen-bond donors (Lipinski definition) is 1. The molecule has 1 aliphatic carbocycles. The highest BCUT2D eigenvalue weighted by Gasteiger charge is 2.37. The Hall–Kier alpha value is -1.22. The molecule has 0 atom stereocenters. The zero-order chi connectivity index (χ0) is 10.3. The van der Waals surface area contributed by atoms with Crippen LogP contribution in [0.4, 0.5) is 0 Å². The highest BCUT2D eigenvalue weighted by Crippen LogP contribution is 2.38. The van der Waals surface area contributed by atoms with E-state index >= 15 is 0 Å². The Morgan fingerprint density at radius 1 is 1.20 bits per heavy atom. The molecule has 0 radical (unpaired) electrons. The summed E-state index contributed by atoms with van der Waals surface area (Å²) in [5.41, 5.74) is 7.47. The fourth-order valence-corrected chi connectivity index (χ4v) is 1.90. The summed E-state index contributed by atoms with van der Waals surface area (Å²) in [5.74, 6) is 1.72. The van der Waals surface area contributed by atoms with Gasteiger partial charge in [0.2, 0.25) is 6.79 Å². The van der Waals surface area contributed by atoms with Crippen molar-refractivity contribution in [2.45, 2.75) is 31.2 Å². The van der Waals surface area contributed by atoms with Crippen molar-refractivity contribution < 1.29 is 9.47 Å². The van der Waals surface area contributed by atoms with Crippen LogP contribution in [-0.2, 0) is 6.42 Å². The first-order chi connectivity index (χ1) is 7.25. The SMILES string of the molecule is NC1(CCc2ccc3c(c2)OCO3)CC1. The van der Waals surface area contributed by atoms with Crippen molar-refractivity contribution >= 4 is 0 Å². The van der Waals surface area contributed by atoms with Crippen molar-refractivity contribution in [1.29, 1.82) is 0 Å². The summed E-state index contributed by atoms with van der Waals surface area (Å²) in [4.78, 5) is 0. The highest BCUT2D eigenvalue weighted by molar-refractivity contribution is 5.44. The van der Waals surface area contributed by atoms with Gasteiger partial charge < -0.3 is 15.2 Å². The van der Waals surface area contributed by atoms with Crippen molar-refractivity contribution in [2.75, 3.05) is 6.79 Å². The minimum Gasteiger partial charge on any atom is -0.454 e. The molecule has 2 N–H and O–H groups in total. The fraction of sp³-hybridized carbons (Fsp3) is 0.500. The summed E-state index contributed by atoms with van der Waals surface area (Å²) in [6.07, 6.45) is 4.47. The third-order valence-electron chi connectivity index (χ3n) is 3.24. The predicted molar refractivity (Wildman–Crippen MR) is 57.0 cm³/mol. The molecule has 0 spiro atoms. The Morgan fingerprint density at radius 3 is 2.80 bits per heavy atom. The van der Waals surface area contributed by atoms with Crippen LogP contribution in [0.25, 0.3) is 0 Å². The maximum Gasteiger partial charge on any atom is 0.231 e. The second kappa shape index (κ2) is 3.14. The normalized spacial score (nSPS) is 20.3. The molecule has 80 valence electrons. The van der Waals surface area contributed by atoms with Gasteiger partial charge in [0.15, 0.2) is 11.5 Å². The van der Waals surface area contributed by atoms with Gasteiger partial charge in [0.05, 0.1) is 0 Å². The van der Waals surface area contributed by atoms with Crippen LogP contribution in [0.5, 0.6) is 11.5 Å². The van der Waals surface area contributed by atoms with Gasteiger partial charge in [-0.1, -0.05) is 6.07 Å². The van der Waals surface area contributed by atoms with E-state index in [4.69, 9.17) is 15.2 Å².